The van der Waals surface area contributed by atoms with Crippen molar-refractivity contribution in [2.24, 2.45) is 0 Å². The van der Waals surface area contributed by atoms with Gasteiger partial charge in [-0.3, -0.25) is 0 Å². The van der Waals surface area contributed by atoms with Gasteiger partial charge < -0.3 is 14.5 Å². The Balaban J connectivity index is 1.84. The Hall–Kier alpha value is -1.45. The molecule has 1 aromatic rings. The number of rotatable bonds is 2. The summed E-state index contributed by atoms with van der Waals surface area (Å²) in [5.74, 6) is 2.19. The van der Waals surface area contributed by atoms with Gasteiger partial charge in [-0.25, -0.2) is 0 Å². The maximum atomic E-state index is 6.18. The van der Waals surface area contributed by atoms with Crippen molar-refractivity contribution in [3.8, 4) is 0 Å². The molecule has 1 aromatic carbocycles. The molecule has 0 amide bonds. The van der Waals surface area contributed by atoms with Gasteiger partial charge in [0.1, 0.15) is 0 Å². The van der Waals surface area contributed by atoms with Crippen LogP contribution in [0.5, 0.6) is 0 Å². The Bertz CT molecular complexity index is 683. The molecule has 0 aromatic heterocycles. The van der Waals surface area contributed by atoms with E-state index in [1.165, 1.54) is 22.2 Å². The molecule has 1 saturated heterocycles. The average Bonchev–Trinajstić information content (AvgIpc) is 2.67. The van der Waals surface area contributed by atoms with Gasteiger partial charge in [-0.1, -0.05) is 40.9 Å². The molecule has 0 bridgehead atoms. The van der Waals surface area contributed by atoms with Crippen LogP contribution in [0, 0.1) is 20.8 Å². The Morgan fingerprint density at radius 2 is 1.46 bits per heavy atom. The summed E-state index contributed by atoms with van der Waals surface area (Å²) in [6.45, 7) is 15.0. The minimum Gasteiger partial charge on any atom is -0.427 e. The summed E-state index contributed by atoms with van der Waals surface area (Å²) in [7, 11) is -0.353. The monoisotopic (exact) mass is 323 g/mol. The molecule has 0 radical (unpaired) electrons. The van der Waals surface area contributed by atoms with Gasteiger partial charge in [0, 0.05) is 5.60 Å². The Morgan fingerprint density at radius 3 is 2.00 bits per heavy atom. The first-order valence-electron chi connectivity index (χ1n) is 8.69. The van der Waals surface area contributed by atoms with E-state index in [-0.39, 0.29) is 25.2 Å². The van der Waals surface area contributed by atoms with Crippen molar-refractivity contribution < 1.29 is 9.31 Å². The van der Waals surface area contributed by atoms with Gasteiger partial charge in [-0.05, 0) is 60.0 Å². The zero-order chi connectivity index (χ0) is 17.7. The number of hydrogen-bond acceptors (Lipinski definition) is 3. The fourth-order valence-corrected chi connectivity index (χ4v) is 3.51. The van der Waals surface area contributed by atoms with Gasteiger partial charge in [-0.2, -0.15) is 0 Å². The number of allylic oxidation sites excluding steroid dienone is 2. The summed E-state index contributed by atoms with van der Waals surface area (Å²) >= 11 is 0. The highest BCUT2D eigenvalue weighted by molar-refractivity contribution is 6.78. The minimum absolute atomic E-state index is 0.143. The molecule has 24 heavy (non-hydrogen) atoms. The van der Waals surface area contributed by atoms with Gasteiger partial charge in [0.25, 0.3) is 0 Å². The second-order valence-electron chi connectivity index (χ2n) is 8.03. The topological polar surface area (TPSA) is 30.5 Å². The zero-order valence-corrected chi connectivity index (χ0v) is 15.9. The van der Waals surface area contributed by atoms with E-state index < -0.39 is 0 Å². The van der Waals surface area contributed by atoms with Gasteiger partial charge in [-0.15, -0.1) is 0 Å². The van der Waals surface area contributed by atoms with Crippen LogP contribution >= 0.6 is 0 Å². The predicted octanol–water partition coefficient (Wildman–Crippen LogP) is 3.02. The first-order chi connectivity index (χ1) is 11.1. The van der Waals surface area contributed by atoms with Crippen molar-refractivity contribution in [3.63, 3.8) is 0 Å². The lowest BCUT2D eigenvalue weighted by Gasteiger charge is -2.32. The Kier molecular flexibility index (Phi) is 4.21. The van der Waals surface area contributed by atoms with Crippen LogP contribution in [-0.2, 0) is 9.31 Å². The molecule has 5 heteroatoms. The standard InChI is InChI=1S/C19H27B2NO2/c1-13-11-14(2)17(15(3)12-13)20-10-8-9-16(22-20)21-23-18(4,5)19(6,7)24-21/h8-12,22H,1-7H3. The van der Waals surface area contributed by atoms with Crippen molar-refractivity contribution in [2.45, 2.75) is 59.7 Å². The lowest BCUT2D eigenvalue weighted by Crippen LogP contribution is -2.50. The first-order valence-corrected chi connectivity index (χ1v) is 8.69. The molecular formula is C19H27B2NO2. The minimum atomic E-state index is -0.353. The van der Waals surface area contributed by atoms with Gasteiger partial charge >= 0.3 is 14.0 Å². The highest BCUT2D eigenvalue weighted by Crippen LogP contribution is 2.38. The van der Waals surface area contributed by atoms with Crippen LogP contribution in [-0.4, -0.2) is 25.2 Å². The lowest BCUT2D eigenvalue weighted by atomic mass is 9.51. The third-order valence-electron chi connectivity index (χ3n) is 5.46. The molecule has 0 unspecified atom stereocenters. The van der Waals surface area contributed by atoms with Crippen molar-refractivity contribution in [3.05, 3.63) is 52.5 Å². The summed E-state index contributed by atoms with van der Waals surface area (Å²) in [4.78, 5) is 0. The molecule has 3 nitrogen and oxygen atoms in total. The molecule has 0 saturated carbocycles. The van der Waals surface area contributed by atoms with Crippen LogP contribution in [0.25, 0.3) is 0 Å². The predicted molar refractivity (Wildman–Crippen MR) is 102 cm³/mol. The zero-order valence-electron chi connectivity index (χ0n) is 15.9. The molecule has 0 spiro atoms. The van der Waals surface area contributed by atoms with E-state index in [4.69, 9.17) is 9.31 Å². The molecule has 2 aliphatic rings. The van der Waals surface area contributed by atoms with Crippen LogP contribution < -0.4 is 10.7 Å². The van der Waals surface area contributed by atoms with Crippen molar-refractivity contribution in [1.82, 2.24) is 5.23 Å². The van der Waals surface area contributed by atoms with Crippen LogP contribution in [0.2, 0.25) is 0 Å². The molecule has 0 atom stereocenters. The van der Waals surface area contributed by atoms with Gasteiger partial charge in [0.05, 0.1) is 11.2 Å². The summed E-state index contributed by atoms with van der Waals surface area (Å²) in [5, 5.41) is 3.61. The number of hydrogen-bond donors (Lipinski definition) is 1. The maximum absolute atomic E-state index is 6.18. The first kappa shape index (κ1) is 17.4. The molecule has 3 rings (SSSR count). The Labute approximate surface area is 146 Å². The molecule has 2 aliphatic heterocycles. The second-order valence-corrected chi connectivity index (χ2v) is 8.03. The van der Waals surface area contributed by atoms with Crippen LogP contribution in [0.3, 0.4) is 0 Å². The third-order valence-corrected chi connectivity index (χ3v) is 5.46. The third kappa shape index (κ3) is 2.96. The van der Waals surface area contributed by atoms with E-state index in [0.29, 0.717) is 0 Å². The summed E-state index contributed by atoms with van der Waals surface area (Å²) in [6, 6.07) is 4.48. The number of aryl methyl sites for hydroxylation is 3. The van der Waals surface area contributed by atoms with Gasteiger partial charge in [0.15, 0.2) is 0 Å². The van der Waals surface area contributed by atoms with E-state index in [2.05, 4.69) is 84.0 Å². The fourth-order valence-electron chi connectivity index (χ4n) is 3.51. The van der Waals surface area contributed by atoms with Gasteiger partial charge in [0.2, 0.25) is 0 Å². The number of nitrogens with one attached hydrogen (secondary N) is 1. The Morgan fingerprint density at radius 1 is 0.917 bits per heavy atom. The smallest absolute Gasteiger partial charge is 0.427 e. The van der Waals surface area contributed by atoms with Crippen molar-refractivity contribution >= 4 is 19.4 Å². The van der Waals surface area contributed by atoms with Crippen molar-refractivity contribution in [1.29, 1.82) is 0 Å². The highest BCUT2D eigenvalue weighted by Gasteiger charge is 2.52. The average molecular weight is 323 g/mol. The SMILES string of the molecule is Cc1cc(C)c(B2C=CC=C(B3OC(C)(C)C(C)(C)O3)N2)c(C)c1. The lowest BCUT2D eigenvalue weighted by molar-refractivity contribution is 0.00578. The molecule has 0 aliphatic carbocycles. The molecule has 1 N–H and O–H groups in total. The van der Waals surface area contributed by atoms with E-state index in [0.717, 1.165) is 5.60 Å². The summed E-state index contributed by atoms with van der Waals surface area (Å²) in [6.07, 6.45) is 4.15. The quantitative estimate of drug-likeness (QED) is 0.849. The maximum Gasteiger partial charge on any atom is 0.510 e. The fraction of sp³-hybridized carbons (Fsp3) is 0.474. The molecule has 126 valence electrons. The van der Waals surface area contributed by atoms with E-state index in [1.54, 1.807) is 0 Å². The second kappa shape index (κ2) is 5.82. The molecule has 1 fully saturated rings. The summed E-state index contributed by atoms with van der Waals surface area (Å²) < 4.78 is 12.4. The van der Waals surface area contributed by atoms with E-state index >= 15 is 0 Å². The van der Waals surface area contributed by atoms with Crippen LogP contribution in [0.1, 0.15) is 44.4 Å². The van der Waals surface area contributed by atoms with Crippen LogP contribution in [0.15, 0.2) is 35.9 Å². The largest absolute Gasteiger partial charge is 0.510 e. The van der Waals surface area contributed by atoms with E-state index in [9.17, 15) is 0 Å². The summed E-state index contributed by atoms with van der Waals surface area (Å²) in [5.41, 5.74) is 5.59. The van der Waals surface area contributed by atoms with Crippen molar-refractivity contribution in [2.75, 3.05) is 0 Å². The number of benzene rings is 1. The molecular weight excluding hydrogens is 296 g/mol. The van der Waals surface area contributed by atoms with Crippen LogP contribution in [0.4, 0.5) is 0 Å². The van der Waals surface area contributed by atoms with E-state index in [1.807, 2.05) is 0 Å². The molecule has 2 heterocycles. The normalized spacial score (nSPS) is 21.7. The highest BCUT2D eigenvalue weighted by atomic mass is 16.7.